The number of halogens is 3. The molecule has 0 amide bonds. The van der Waals surface area contributed by atoms with Gasteiger partial charge in [-0.15, -0.1) is 0 Å². The van der Waals surface area contributed by atoms with Crippen LogP contribution >= 0.6 is 0 Å². The zero-order valence-electron chi connectivity index (χ0n) is 16.2. The summed E-state index contributed by atoms with van der Waals surface area (Å²) in [6.45, 7) is 2.41. The Bertz CT molecular complexity index is 904. The van der Waals surface area contributed by atoms with E-state index in [2.05, 4.69) is 0 Å². The molecule has 2 aliphatic heterocycles. The first-order valence-electron chi connectivity index (χ1n) is 9.74. The zero-order valence-corrected chi connectivity index (χ0v) is 16.2. The fourth-order valence-corrected chi connectivity index (χ4v) is 3.68. The minimum absolute atomic E-state index is 0.0380. The summed E-state index contributed by atoms with van der Waals surface area (Å²) in [5.41, 5.74) is 1.13. The number of hydrogen-bond acceptors (Lipinski definition) is 4. The molecule has 0 aromatic heterocycles. The normalized spacial score (nSPS) is 18.0. The lowest BCUT2D eigenvalue weighted by Crippen LogP contribution is -2.49. The smallest absolute Gasteiger partial charge is 0.416 e. The van der Waals surface area contributed by atoms with Gasteiger partial charge in [0.1, 0.15) is 12.4 Å². The second-order valence-corrected chi connectivity index (χ2v) is 7.82. The summed E-state index contributed by atoms with van der Waals surface area (Å²) in [6, 6.07) is 11.7. The van der Waals surface area contributed by atoms with Crippen molar-refractivity contribution in [3.63, 3.8) is 0 Å². The molecule has 0 spiro atoms. The summed E-state index contributed by atoms with van der Waals surface area (Å²) < 4.78 is 51.0. The quantitative estimate of drug-likeness (QED) is 0.735. The SMILES string of the molecule is O=C(O)C1CN(Cc2ccc(OCc3ccc(C4COC4)c(C(F)(F)F)c3)cc2)C1. The Morgan fingerprint density at radius 2 is 1.77 bits per heavy atom. The van der Waals surface area contributed by atoms with Gasteiger partial charge in [0.2, 0.25) is 0 Å². The highest BCUT2D eigenvalue weighted by molar-refractivity contribution is 5.71. The number of ether oxygens (including phenoxy) is 2. The summed E-state index contributed by atoms with van der Waals surface area (Å²) in [4.78, 5) is 12.9. The summed E-state index contributed by atoms with van der Waals surface area (Å²) in [5.74, 6) is -0.702. The van der Waals surface area contributed by atoms with Gasteiger partial charge < -0.3 is 14.6 Å². The van der Waals surface area contributed by atoms with E-state index in [-0.39, 0.29) is 24.0 Å². The monoisotopic (exact) mass is 421 g/mol. The minimum Gasteiger partial charge on any atom is -0.489 e. The molecule has 30 heavy (non-hydrogen) atoms. The largest absolute Gasteiger partial charge is 0.489 e. The molecular formula is C22H22F3NO4. The number of carboxylic acids is 1. The van der Waals surface area contributed by atoms with Crippen molar-refractivity contribution >= 4 is 5.97 Å². The molecule has 2 saturated heterocycles. The fraction of sp³-hybridized carbons (Fsp3) is 0.409. The van der Waals surface area contributed by atoms with Gasteiger partial charge in [-0.2, -0.15) is 13.2 Å². The van der Waals surface area contributed by atoms with Crippen molar-refractivity contribution in [2.75, 3.05) is 26.3 Å². The molecular weight excluding hydrogens is 399 g/mol. The van der Waals surface area contributed by atoms with E-state index in [0.29, 0.717) is 44.2 Å². The Balaban J connectivity index is 1.35. The highest BCUT2D eigenvalue weighted by Gasteiger charge is 2.37. The van der Waals surface area contributed by atoms with Crippen LogP contribution in [0.5, 0.6) is 5.75 Å². The molecule has 0 radical (unpaired) electrons. The zero-order chi connectivity index (χ0) is 21.3. The average Bonchev–Trinajstić information content (AvgIpc) is 2.62. The Kier molecular flexibility index (Phi) is 5.71. The number of rotatable bonds is 7. The molecule has 160 valence electrons. The third kappa shape index (κ3) is 4.60. The number of hydrogen-bond donors (Lipinski definition) is 1. The van der Waals surface area contributed by atoms with E-state index >= 15 is 0 Å². The van der Waals surface area contributed by atoms with Crippen LogP contribution < -0.4 is 4.74 Å². The molecule has 1 N–H and O–H groups in total. The predicted molar refractivity (Wildman–Crippen MR) is 102 cm³/mol. The van der Waals surface area contributed by atoms with E-state index < -0.39 is 17.7 Å². The number of aliphatic carboxylic acids is 1. The third-order valence-corrected chi connectivity index (χ3v) is 5.54. The van der Waals surface area contributed by atoms with Crippen molar-refractivity contribution in [3.05, 3.63) is 64.7 Å². The van der Waals surface area contributed by atoms with Crippen molar-refractivity contribution in [2.24, 2.45) is 5.92 Å². The summed E-state index contributed by atoms with van der Waals surface area (Å²) in [6.07, 6.45) is -4.42. The van der Waals surface area contributed by atoms with Crippen molar-refractivity contribution in [2.45, 2.75) is 25.2 Å². The van der Waals surface area contributed by atoms with Crippen LogP contribution in [0.25, 0.3) is 0 Å². The highest BCUT2D eigenvalue weighted by Crippen LogP contribution is 2.38. The van der Waals surface area contributed by atoms with E-state index in [4.69, 9.17) is 14.6 Å². The first-order chi connectivity index (χ1) is 14.3. The molecule has 4 rings (SSSR count). The topological polar surface area (TPSA) is 59.0 Å². The van der Waals surface area contributed by atoms with E-state index in [1.54, 1.807) is 18.2 Å². The first-order valence-corrected chi connectivity index (χ1v) is 9.74. The Hall–Kier alpha value is -2.58. The van der Waals surface area contributed by atoms with E-state index in [1.807, 2.05) is 17.0 Å². The maximum atomic E-state index is 13.4. The molecule has 0 aliphatic carbocycles. The summed E-state index contributed by atoms with van der Waals surface area (Å²) >= 11 is 0. The molecule has 2 aromatic carbocycles. The van der Waals surface area contributed by atoms with Crippen molar-refractivity contribution in [1.82, 2.24) is 4.90 Å². The lowest BCUT2D eigenvalue weighted by atomic mass is 9.91. The second kappa shape index (κ2) is 8.28. The number of carbonyl (C=O) groups is 1. The Labute approximate surface area is 172 Å². The van der Waals surface area contributed by atoms with Crippen LogP contribution in [0.15, 0.2) is 42.5 Å². The maximum absolute atomic E-state index is 13.4. The van der Waals surface area contributed by atoms with E-state index in [9.17, 15) is 18.0 Å². The van der Waals surface area contributed by atoms with Crippen LogP contribution in [0, 0.1) is 5.92 Å². The molecule has 8 heteroatoms. The van der Waals surface area contributed by atoms with Gasteiger partial charge in [0, 0.05) is 25.6 Å². The van der Waals surface area contributed by atoms with Gasteiger partial charge in [-0.1, -0.05) is 24.3 Å². The van der Waals surface area contributed by atoms with Crippen LogP contribution in [0.1, 0.15) is 28.2 Å². The molecule has 0 saturated carbocycles. The predicted octanol–water partition coefficient (Wildman–Crippen LogP) is 3.91. The Morgan fingerprint density at radius 3 is 2.33 bits per heavy atom. The lowest BCUT2D eigenvalue weighted by molar-refractivity contribution is -0.147. The molecule has 2 heterocycles. The van der Waals surface area contributed by atoms with Gasteiger partial charge in [-0.25, -0.2) is 0 Å². The fourth-order valence-electron chi connectivity index (χ4n) is 3.68. The van der Waals surface area contributed by atoms with E-state index in [1.165, 1.54) is 6.07 Å². The first kappa shape index (κ1) is 20.7. The average molecular weight is 421 g/mol. The van der Waals surface area contributed by atoms with Gasteiger partial charge in [0.25, 0.3) is 0 Å². The van der Waals surface area contributed by atoms with Crippen LogP contribution in [-0.4, -0.2) is 42.3 Å². The van der Waals surface area contributed by atoms with Gasteiger partial charge >= 0.3 is 12.1 Å². The van der Waals surface area contributed by atoms with Gasteiger partial charge in [-0.05, 0) is 34.9 Å². The van der Waals surface area contributed by atoms with Crippen molar-refractivity contribution in [3.8, 4) is 5.75 Å². The Morgan fingerprint density at radius 1 is 1.10 bits per heavy atom. The standard InChI is InChI=1S/C22H22F3NO4/c23-22(24,25)20-7-15(3-6-19(20)17-12-29-13-17)11-30-18-4-1-14(2-5-18)8-26-9-16(10-26)21(27)28/h1-7,16-17H,8-13H2,(H,27,28). The van der Waals surface area contributed by atoms with Gasteiger partial charge in [0.05, 0.1) is 24.7 Å². The van der Waals surface area contributed by atoms with Crippen LogP contribution in [0.2, 0.25) is 0 Å². The van der Waals surface area contributed by atoms with Crippen LogP contribution in [0.4, 0.5) is 13.2 Å². The van der Waals surface area contributed by atoms with E-state index in [0.717, 1.165) is 11.6 Å². The van der Waals surface area contributed by atoms with Crippen molar-refractivity contribution < 1.29 is 32.5 Å². The molecule has 2 aromatic rings. The molecule has 0 atom stereocenters. The lowest BCUT2D eigenvalue weighted by Gasteiger charge is -2.36. The molecule has 0 bridgehead atoms. The maximum Gasteiger partial charge on any atom is 0.416 e. The molecule has 2 fully saturated rings. The molecule has 0 unspecified atom stereocenters. The van der Waals surface area contributed by atoms with Crippen LogP contribution in [-0.2, 0) is 28.9 Å². The number of alkyl halides is 3. The summed E-state index contributed by atoms with van der Waals surface area (Å²) in [7, 11) is 0. The number of nitrogens with zero attached hydrogens (tertiary/aromatic N) is 1. The number of benzene rings is 2. The van der Waals surface area contributed by atoms with Crippen LogP contribution in [0.3, 0.4) is 0 Å². The highest BCUT2D eigenvalue weighted by atomic mass is 19.4. The molecule has 5 nitrogen and oxygen atoms in total. The van der Waals surface area contributed by atoms with Gasteiger partial charge in [-0.3, -0.25) is 9.69 Å². The van der Waals surface area contributed by atoms with Crippen molar-refractivity contribution in [1.29, 1.82) is 0 Å². The number of likely N-dealkylation sites (tertiary alicyclic amines) is 1. The molecule has 2 aliphatic rings. The van der Waals surface area contributed by atoms with Gasteiger partial charge in [0.15, 0.2) is 0 Å². The summed E-state index contributed by atoms with van der Waals surface area (Å²) in [5, 5.41) is 8.91. The third-order valence-electron chi connectivity index (χ3n) is 5.54. The number of carboxylic acid groups (broad SMARTS) is 1. The minimum atomic E-state index is -4.42. The second-order valence-electron chi connectivity index (χ2n) is 7.82.